The van der Waals surface area contributed by atoms with Crippen molar-refractivity contribution in [2.24, 2.45) is 0 Å². The van der Waals surface area contributed by atoms with Gasteiger partial charge in [0.1, 0.15) is 5.69 Å². The zero-order chi connectivity index (χ0) is 14.8. The summed E-state index contributed by atoms with van der Waals surface area (Å²) in [6, 6.07) is 5.63. The Labute approximate surface area is 123 Å². The van der Waals surface area contributed by atoms with Gasteiger partial charge in [-0.1, -0.05) is 19.4 Å². The van der Waals surface area contributed by atoms with E-state index >= 15 is 0 Å². The molecular weight excluding hydrogens is 268 g/mol. The van der Waals surface area contributed by atoms with Crippen molar-refractivity contribution in [2.45, 2.75) is 32.2 Å². The first-order valence-electron chi connectivity index (χ1n) is 7.42. The van der Waals surface area contributed by atoms with Crippen LogP contribution in [0.15, 0.2) is 18.2 Å². The molecular formula is C15H20N4O2. The summed E-state index contributed by atoms with van der Waals surface area (Å²) in [5.74, 6) is 0.480. The molecule has 6 heteroatoms. The fourth-order valence-electron chi connectivity index (χ4n) is 3.11. The maximum absolute atomic E-state index is 12.0. The van der Waals surface area contributed by atoms with Crippen molar-refractivity contribution < 1.29 is 9.53 Å². The van der Waals surface area contributed by atoms with Crippen LogP contribution in [0.5, 0.6) is 0 Å². The minimum absolute atomic E-state index is 0.213. The van der Waals surface area contributed by atoms with Crippen LogP contribution in [-0.4, -0.2) is 45.7 Å². The van der Waals surface area contributed by atoms with E-state index in [2.05, 4.69) is 22.0 Å². The van der Waals surface area contributed by atoms with Gasteiger partial charge in [-0.2, -0.15) is 0 Å². The molecule has 1 atom stereocenters. The molecule has 1 aliphatic rings. The average Bonchev–Trinajstić information content (AvgIpc) is 2.97. The summed E-state index contributed by atoms with van der Waals surface area (Å²) in [6.07, 6.45) is 3.44. The highest BCUT2D eigenvalue weighted by Crippen LogP contribution is 2.30. The number of pyridine rings is 1. The number of likely N-dealkylation sites (tertiary alicyclic amines) is 1. The number of methoxy groups -OCH3 is 1. The van der Waals surface area contributed by atoms with E-state index < -0.39 is 0 Å². The van der Waals surface area contributed by atoms with E-state index in [0.29, 0.717) is 11.3 Å². The van der Waals surface area contributed by atoms with E-state index in [4.69, 9.17) is 4.74 Å². The molecule has 112 valence electrons. The zero-order valence-electron chi connectivity index (χ0n) is 12.5. The third-order valence-electron chi connectivity index (χ3n) is 4.17. The van der Waals surface area contributed by atoms with Crippen LogP contribution < -0.4 is 0 Å². The molecule has 3 rings (SSSR count). The molecule has 0 aromatic carbocycles. The average molecular weight is 288 g/mol. The molecule has 0 spiro atoms. The summed E-state index contributed by atoms with van der Waals surface area (Å²) in [4.78, 5) is 14.4. The smallest absolute Gasteiger partial charge is 0.355 e. The number of rotatable bonds is 3. The Bertz CT molecular complexity index is 652. The van der Waals surface area contributed by atoms with Crippen LogP contribution in [0.4, 0.5) is 0 Å². The molecule has 0 bridgehead atoms. The molecule has 0 saturated carbocycles. The second kappa shape index (κ2) is 5.81. The number of carbonyl (C=O) groups is 1. The fraction of sp³-hybridized carbons (Fsp3) is 0.533. The molecule has 2 aromatic heterocycles. The normalized spacial score (nSPS) is 19.8. The predicted molar refractivity (Wildman–Crippen MR) is 78.2 cm³/mol. The van der Waals surface area contributed by atoms with Crippen molar-refractivity contribution >= 4 is 11.6 Å². The number of fused-ring (bicyclic) bond motifs is 1. The molecule has 2 aromatic rings. The van der Waals surface area contributed by atoms with Gasteiger partial charge in [0.15, 0.2) is 11.5 Å². The van der Waals surface area contributed by atoms with E-state index in [1.807, 2.05) is 10.5 Å². The van der Waals surface area contributed by atoms with Crippen LogP contribution in [0.3, 0.4) is 0 Å². The molecule has 0 amide bonds. The van der Waals surface area contributed by atoms with Crippen LogP contribution in [0.25, 0.3) is 5.65 Å². The van der Waals surface area contributed by atoms with Gasteiger partial charge < -0.3 is 4.74 Å². The molecule has 6 nitrogen and oxygen atoms in total. The number of nitrogens with zero attached hydrogens (tertiary/aromatic N) is 4. The molecule has 1 aliphatic heterocycles. The Kier molecular flexibility index (Phi) is 3.88. The minimum Gasteiger partial charge on any atom is -0.464 e. The number of hydrogen-bond donors (Lipinski definition) is 0. The Morgan fingerprint density at radius 1 is 1.38 bits per heavy atom. The molecule has 0 aliphatic carbocycles. The van der Waals surface area contributed by atoms with Crippen molar-refractivity contribution in [1.82, 2.24) is 19.5 Å². The van der Waals surface area contributed by atoms with Crippen molar-refractivity contribution in [1.29, 1.82) is 0 Å². The lowest BCUT2D eigenvalue weighted by Gasteiger charge is -2.33. The van der Waals surface area contributed by atoms with Crippen LogP contribution in [-0.2, 0) is 4.74 Å². The van der Waals surface area contributed by atoms with Crippen LogP contribution in [0.2, 0.25) is 0 Å². The quantitative estimate of drug-likeness (QED) is 0.809. The third-order valence-corrected chi connectivity index (χ3v) is 4.17. The SMILES string of the molecule is CCN1CCCCC1c1nnc2cccc(C(=O)OC)n12. The summed E-state index contributed by atoms with van der Waals surface area (Å²) in [5.41, 5.74) is 1.17. The maximum atomic E-state index is 12.0. The Balaban J connectivity index is 2.12. The fourth-order valence-corrected chi connectivity index (χ4v) is 3.11. The Morgan fingerprint density at radius 3 is 3.00 bits per heavy atom. The first-order valence-corrected chi connectivity index (χ1v) is 7.42. The molecule has 1 fully saturated rings. The number of ether oxygens (including phenoxy) is 1. The lowest BCUT2D eigenvalue weighted by atomic mass is 10.0. The molecule has 1 unspecified atom stereocenters. The van der Waals surface area contributed by atoms with Gasteiger partial charge in [-0.15, -0.1) is 10.2 Å². The highest BCUT2D eigenvalue weighted by molar-refractivity contribution is 5.88. The van der Waals surface area contributed by atoms with E-state index in [1.54, 1.807) is 12.1 Å². The first-order chi connectivity index (χ1) is 10.3. The number of carbonyl (C=O) groups excluding carboxylic acids is 1. The van der Waals surface area contributed by atoms with Gasteiger partial charge in [0.25, 0.3) is 0 Å². The van der Waals surface area contributed by atoms with Crippen LogP contribution in [0.1, 0.15) is 48.5 Å². The van der Waals surface area contributed by atoms with Crippen LogP contribution >= 0.6 is 0 Å². The summed E-state index contributed by atoms with van der Waals surface area (Å²) < 4.78 is 6.72. The zero-order valence-corrected chi connectivity index (χ0v) is 12.5. The predicted octanol–water partition coefficient (Wildman–Crippen LogP) is 2.06. The minimum atomic E-state index is -0.361. The lowest BCUT2D eigenvalue weighted by molar-refractivity contribution is 0.0590. The van der Waals surface area contributed by atoms with Gasteiger partial charge in [-0.3, -0.25) is 9.30 Å². The topological polar surface area (TPSA) is 59.7 Å². The molecule has 21 heavy (non-hydrogen) atoms. The highest BCUT2D eigenvalue weighted by atomic mass is 16.5. The molecule has 1 saturated heterocycles. The largest absolute Gasteiger partial charge is 0.464 e. The Morgan fingerprint density at radius 2 is 2.24 bits per heavy atom. The number of esters is 1. The second-order valence-corrected chi connectivity index (χ2v) is 5.29. The van der Waals surface area contributed by atoms with Gasteiger partial charge in [0.2, 0.25) is 0 Å². The molecule has 3 heterocycles. The standard InChI is InChI=1S/C15H20N4O2/c1-3-18-10-5-4-7-11(18)14-17-16-13-9-6-8-12(19(13)14)15(20)21-2/h6,8-9,11H,3-5,7,10H2,1-2H3. The second-order valence-electron chi connectivity index (χ2n) is 5.29. The van der Waals surface area contributed by atoms with Gasteiger partial charge in [0.05, 0.1) is 13.2 Å². The van der Waals surface area contributed by atoms with E-state index in [0.717, 1.165) is 25.3 Å². The summed E-state index contributed by atoms with van der Waals surface area (Å²) >= 11 is 0. The van der Waals surface area contributed by atoms with Gasteiger partial charge in [-0.05, 0) is 38.1 Å². The van der Waals surface area contributed by atoms with E-state index in [-0.39, 0.29) is 12.0 Å². The number of piperidine rings is 1. The van der Waals surface area contributed by atoms with Gasteiger partial charge in [-0.25, -0.2) is 4.79 Å². The van der Waals surface area contributed by atoms with Gasteiger partial charge >= 0.3 is 5.97 Å². The summed E-state index contributed by atoms with van der Waals surface area (Å²) in [5, 5.41) is 8.58. The summed E-state index contributed by atoms with van der Waals surface area (Å²) in [7, 11) is 1.39. The Hall–Kier alpha value is -1.95. The van der Waals surface area contributed by atoms with Crippen molar-refractivity contribution in [3.8, 4) is 0 Å². The maximum Gasteiger partial charge on any atom is 0.355 e. The van der Waals surface area contributed by atoms with Crippen molar-refractivity contribution in [2.75, 3.05) is 20.2 Å². The number of aromatic nitrogens is 3. The van der Waals surface area contributed by atoms with Crippen molar-refractivity contribution in [3.63, 3.8) is 0 Å². The molecule has 0 radical (unpaired) electrons. The third kappa shape index (κ3) is 2.40. The summed E-state index contributed by atoms with van der Waals surface area (Å²) in [6.45, 7) is 4.19. The van der Waals surface area contributed by atoms with Gasteiger partial charge in [0, 0.05) is 0 Å². The number of hydrogen-bond acceptors (Lipinski definition) is 5. The first kappa shape index (κ1) is 14.0. The lowest BCUT2D eigenvalue weighted by Crippen LogP contribution is -2.34. The monoisotopic (exact) mass is 288 g/mol. The van der Waals surface area contributed by atoms with Crippen LogP contribution in [0, 0.1) is 0 Å². The highest BCUT2D eigenvalue weighted by Gasteiger charge is 2.28. The molecule has 0 N–H and O–H groups in total. The van der Waals surface area contributed by atoms with Crippen molar-refractivity contribution in [3.05, 3.63) is 29.7 Å². The van der Waals surface area contributed by atoms with E-state index in [1.165, 1.54) is 20.0 Å². The van der Waals surface area contributed by atoms with E-state index in [9.17, 15) is 4.79 Å².